The van der Waals surface area contributed by atoms with Crippen molar-refractivity contribution in [2.75, 3.05) is 13.1 Å². The Kier molecular flexibility index (Phi) is 5.25. The lowest BCUT2D eigenvalue weighted by atomic mass is 10.3. The Labute approximate surface area is 145 Å². The standard InChI is InChI=1S/C16H18N2O4S2/c1-3-5-7-17-13-9-11(15(19)21-13)24-10-12(23-9)16(20)22-14(10)18-8-6-4-2/h3-8H2,1-2H3. The Hall–Kier alpha value is -1.80. The van der Waals surface area contributed by atoms with Gasteiger partial charge in [0.05, 0.1) is 0 Å². The van der Waals surface area contributed by atoms with Crippen LogP contribution in [0, 0.1) is 0 Å². The highest BCUT2D eigenvalue weighted by Crippen LogP contribution is 2.25. The smallest absolute Gasteiger partial charge is 0.356 e. The van der Waals surface area contributed by atoms with Gasteiger partial charge in [0.1, 0.15) is 18.8 Å². The molecule has 3 aromatic rings. The van der Waals surface area contributed by atoms with Crippen molar-refractivity contribution in [1.29, 1.82) is 0 Å². The van der Waals surface area contributed by atoms with Gasteiger partial charge in [-0.05, 0) is 12.8 Å². The zero-order valence-electron chi connectivity index (χ0n) is 13.6. The van der Waals surface area contributed by atoms with Crippen LogP contribution in [0.2, 0.25) is 0 Å². The molecule has 0 bridgehead atoms. The second-order valence-corrected chi connectivity index (χ2v) is 7.42. The molecule has 0 unspecified atom stereocenters. The first-order valence-corrected chi connectivity index (χ1v) is 9.67. The SMILES string of the molecule is CCCCN=c1oc(=O)c2sc3c(=NCCCC)oc(=O)c3sc12. The van der Waals surface area contributed by atoms with E-state index in [1.54, 1.807) is 0 Å². The number of hydrogen-bond donors (Lipinski definition) is 0. The molecule has 0 spiro atoms. The lowest BCUT2D eigenvalue weighted by Crippen LogP contribution is -2.01. The Morgan fingerprint density at radius 2 is 1.17 bits per heavy atom. The van der Waals surface area contributed by atoms with Crippen LogP contribution >= 0.6 is 22.7 Å². The van der Waals surface area contributed by atoms with E-state index in [0.717, 1.165) is 25.7 Å². The molecule has 128 valence electrons. The molecule has 0 aliphatic rings. The van der Waals surface area contributed by atoms with Crippen molar-refractivity contribution >= 4 is 41.5 Å². The molecule has 0 aliphatic heterocycles. The van der Waals surface area contributed by atoms with Gasteiger partial charge in [0, 0.05) is 13.1 Å². The molecule has 0 fully saturated rings. The zero-order valence-corrected chi connectivity index (χ0v) is 15.2. The van der Waals surface area contributed by atoms with Gasteiger partial charge in [-0.3, -0.25) is 0 Å². The Morgan fingerprint density at radius 3 is 1.54 bits per heavy atom. The van der Waals surface area contributed by atoms with E-state index in [2.05, 4.69) is 23.8 Å². The van der Waals surface area contributed by atoms with Gasteiger partial charge in [0.25, 0.3) is 0 Å². The van der Waals surface area contributed by atoms with Crippen LogP contribution in [-0.2, 0) is 0 Å². The third-order valence-corrected chi connectivity index (χ3v) is 6.07. The quantitative estimate of drug-likeness (QED) is 0.628. The van der Waals surface area contributed by atoms with Crippen molar-refractivity contribution in [2.24, 2.45) is 9.98 Å². The van der Waals surface area contributed by atoms with Crippen LogP contribution in [0.4, 0.5) is 0 Å². The molecule has 0 saturated carbocycles. The van der Waals surface area contributed by atoms with E-state index in [-0.39, 0.29) is 0 Å². The van der Waals surface area contributed by atoms with Gasteiger partial charge < -0.3 is 8.83 Å². The first-order valence-electron chi connectivity index (χ1n) is 8.04. The first kappa shape index (κ1) is 17.0. The number of rotatable bonds is 6. The topological polar surface area (TPSA) is 85.1 Å². The maximum atomic E-state index is 12.1. The summed E-state index contributed by atoms with van der Waals surface area (Å²) in [6.45, 7) is 5.34. The molecule has 24 heavy (non-hydrogen) atoms. The van der Waals surface area contributed by atoms with Crippen LogP contribution in [0.3, 0.4) is 0 Å². The van der Waals surface area contributed by atoms with Gasteiger partial charge in [0.15, 0.2) is 0 Å². The van der Waals surface area contributed by atoms with Crippen molar-refractivity contribution in [3.05, 3.63) is 31.9 Å². The first-order chi connectivity index (χ1) is 11.7. The van der Waals surface area contributed by atoms with Gasteiger partial charge >= 0.3 is 11.3 Å². The fraction of sp³-hybridized carbons (Fsp3) is 0.500. The minimum atomic E-state index is -0.420. The summed E-state index contributed by atoms with van der Waals surface area (Å²) in [5, 5.41) is 0. The highest BCUT2D eigenvalue weighted by atomic mass is 32.1. The third kappa shape index (κ3) is 3.21. The van der Waals surface area contributed by atoms with Crippen LogP contribution < -0.4 is 22.4 Å². The van der Waals surface area contributed by atoms with Crippen LogP contribution in [0.5, 0.6) is 0 Å². The number of hydrogen-bond acceptors (Lipinski definition) is 8. The minimum Gasteiger partial charge on any atom is -0.402 e. The van der Waals surface area contributed by atoms with Gasteiger partial charge in [0.2, 0.25) is 11.1 Å². The second-order valence-electron chi connectivity index (χ2n) is 5.38. The van der Waals surface area contributed by atoms with Crippen molar-refractivity contribution in [1.82, 2.24) is 0 Å². The predicted octanol–water partition coefficient (Wildman–Crippen LogP) is 2.86. The van der Waals surface area contributed by atoms with E-state index in [1.165, 1.54) is 22.7 Å². The molecule has 0 amide bonds. The van der Waals surface area contributed by atoms with Crippen LogP contribution in [0.1, 0.15) is 39.5 Å². The maximum absolute atomic E-state index is 12.1. The zero-order chi connectivity index (χ0) is 17.1. The fourth-order valence-electron chi connectivity index (χ4n) is 2.19. The summed E-state index contributed by atoms with van der Waals surface area (Å²) in [6.07, 6.45) is 3.87. The van der Waals surface area contributed by atoms with Crippen LogP contribution in [0.15, 0.2) is 28.4 Å². The molecule has 0 radical (unpaired) electrons. The predicted molar refractivity (Wildman–Crippen MR) is 96.1 cm³/mol. The van der Waals surface area contributed by atoms with Crippen LogP contribution in [0.25, 0.3) is 18.8 Å². The van der Waals surface area contributed by atoms with Gasteiger partial charge in [-0.15, -0.1) is 22.7 Å². The lowest BCUT2D eigenvalue weighted by molar-refractivity contribution is 0.479. The highest BCUT2D eigenvalue weighted by molar-refractivity contribution is 7.36. The molecule has 0 atom stereocenters. The Morgan fingerprint density at radius 1 is 0.750 bits per heavy atom. The molecule has 6 nitrogen and oxygen atoms in total. The summed E-state index contributed by atoms with van der Waals surface area (Å²) in [6, 6.07) is 0. The summed E-state index contributed by atoms with van der Waals surface area (Å²) < 4.78 is 12.7. The monoisotopic (exact) mass is 366 g/mol. The summed E-state index contributed by atoms with van der Waals surface area (Å²) >= 11 is 2.40. The molecule has 3 rings (SSSR count). The number of unbranched alkanes of at least 4 members (excludes halogenated alkanes) is 2. The van der Waals surface area contributed by atoms with Crippen molar-refractivity contribution in [2.45, 2.75) is 39.5 Å². The molecule has 0 saturated heterocycles. The molecule has 8 heteroatoms. The van der Waals surface area contributed by atoms with E-state index in [0.29, 0.717) is 43.0 Å². The Balaban J connectivity index is 2.22. The van der Waals surface area contributed by atoms with Gasteiger partial charge in [-0.1, -0.05) is 26.7 Å². The molecular formula is C16H18N2O4S2. The molecular weight excluding hydrogens is 348 g/mol. The number of nitrogens with zero attached hydrogens (tertiary/aromatic N) is 2. The highest BCUT2D eigenvalue weighted by Gasteiger charge is 2.16. The van der Waals surface area contributed by atoms with E-state index >= 15 is 0 Å². The maximum Gasteiger partial charge on any atom is 0.356 e. The van der Waals surface area contributed by atoms with E-state index < -0.39 is 11.3 Å². The minimum absolute atomic E-state index is 0.316. The van der Waals surface area contributed by atoms with Crippen molar-refractivity contribution < 1.29 is 8.83 Å². The summed E-state index contributed by atoms with van der Waals surface area (Å²) in [4.78, 5) is 32.9. The summed E-state index contributed by atoms with van der Waals surface area (Å²) in [5.41, 5.74) is -0.207. The van der Waals surface area contributed by atoms with Gasteiger partial charge in [-0.2, -0.15) is 0 Å². The summed E-state index contributed by atoms with van der Waals surface area (Å²) in [5.74, 6) is 0. The van der Waals surface area contributed by atoms with Crippen molar-refractivity contribution in [3.63, 3.8) is 0 Å². The second kappa shape index (κ2) is 7.40. The normalized spacial score (nSPS) is 13.6. The van der Waals surface area contributed by atoms with E-state index in [9.17, 15) is 9.59 Å². The molecule has 0 N–H and O–H groups in total. The fourth-order valence-corrected chi connectivity index (χ4v) is 4.44. The van der Waals surface area contributed by atoms with Crippen LogP contribution in [-0.4, -0.2) is 13.1 Å². The Bertz CT molecular complexity index is 999. The average molecular weight is 366 g/mol. The molecule has 0 aliphatic carbocycles. The number of fused-ring (bicyclic) bond motifs is 2. The number of furan rings is 2. The van der Waals surface area contributed by atoms with E-state index in [4.69, 9.17) is 8.83 Å². The lowest BCUT2D eigenvalue weighted by Gasteiger charge is -1.89. The average Bonchev–Trinajstić information content (AvgIpc) is 3.05. The van der Waals surface area contributed by atoms with E-state index in [1.807, 2.05) is 0 Å². The third-order valence-electron chi connectivity index (χ3n) is 3.49. The molecule has 0 aromatic carbocycles. The van der Waals surface area contributed by atoms with Crippen molar-refractivity contribution in [3.8, 4) is 0 Å². The molecule has 3 aromatic heterocycles. The summed E-state index contributed by atoms with van der Waals surface area (Å²) in [7, 11) is 0. The molecule has 3 heterocycles. The van der Waals surface area contributed by atoms with Gasteiger partial charge in [-0.25, -0.2) is 19.6 Å². The largest absolute Gasteiger partial charge is 0.402 e.